The Labute approximate surface area is 204 Å². The molecule has 3 rings (SSSR count). The molecule has 1 unspecified atom stereocenters. The average molecular weight is 491 g/mol. The van der Waals surface area contributed by atoms with Gasteiger partial charge in [-0.15, -0.1) is 10.2 Å². The lowest BCUT2D eigenvalue weighted by atomic mass is 9.84. The van der Waals surface area contributed by atoms with Gasteiger partial charge in [0.15, 0.2) is 11.5 Å². The Morgan fingerprint density at radius 2 is 1.97 bits per heavy atom. The molecule has 0 bridgehead atoms. The van der Waals surface area contributed by atoms with Gasteiger partial charge in [0.05, 0.1) is 6.61 Å². The molecule has 10 heteroatoms. The quantitative estimate of drug-likeness (QED) is 0.503. The molecule has 1 aromatic heterocycles. The van der Waals surface area contributed by atoms with Gasteiger partial charge in [0.1, 0.15) is 5.01 Å². The first-order chi connectivity index (χ1) is 16.1. The summed E-state index contributed by atoms with van der Waals surface area (Å²) >= 11 is 1.28. The fourth-order valence-electron chi connectivity index (χ4n) is 3.95. The number of carbonyl (C=O) groups excluding carboxylic acids is 2. The number of amides is 2. The van der Waals surface area contributed by atoms with Crippen LogP contribution in [-0.2, 0) is 14.3 Å². The van der Waals surface area contributed by atoms with E-state index >= 15 is 0 Å². The summed E-state index contributed by atoms with van der Waals surface area (Å²) in [5, 5.41) is 12.1. The summed E-state index contributed by atoms with van der Waals surface area (Å²) in [5.74, 6) is 1.45. The lowest BCUT2D eigenvalue weighted by molar-refractivity contribution is -0.133. The summed E-state index contributed by atoms with van der Waals surface area (Å²) in [6.07, 6.45) is 1.58. The second kappa shape index (κ2) is 11.6. The van der Waals surface area contributed by atoms with Crippen molar-refractivity contribution in [2.75, 3.05) is 38.9 Å². The van der Waals surface area contributed by atoms with Crippen LogP contribution in [-0.4, -0.2) is 60.5 Å². The van der Waals surface area contributed by atoms with Crippen molar-refractivity contribution in [2.45, 2.75) is 47.0 Å². The number of aromatic nitrogens is 2. The molecule has 0 saturated heterocycles. The van der Waals surface area contributed by atoms with E-state index in [1.807, 2.05) is 18.2 Å². The van der Waals surface area contributed by atoms with E-state index < -0.39 is 0 Å². The van der Waals surface area contributed by atoms with Crippen molar-refractivity contribution in [1.29, 1.82) is 0 Å². The number of nitrogens with zero attached hydrogens (tertiary/aromatic N) is 3. The van der Waals surface area contributed by atoms with Crippen LogP contribution >= 0.6 is 11.3 Å². The highest BCUT2D eigenvalue weighted by Gasteiger charge is 2.22. The third kappa shape index (κ3) is 7.66. The number of hydrogen-bond donors (Lipinski definition) is 1. The van der Waals surface area contributed by atoms with Crippen LogP contribution in [0.1, 0.15) is 47.0 Å². The maximum Gasteiger partial charge on any atom is 0.231 e. The maximum absolute atomic E-state index is 12.9. The second-order valence-electron chi connectivity index (χ2n) is 9.73. The summed E-state index contributed by atoms with van der Waals surface area (Å²) in [4.78, 5) is 27.1. The van der Waals surface area contributed by atoms with Crippen molar-refractivity contribution in [1.82, 2.24) is 15.1 Å². The zero-order chi connectivity index (χ0) is 24.7. The molecule has 9 nitrogen and oxygen atoms in total. The largest absolute Gasteiger partial charge is 0.454 e. The smallest absolute Gasteiger partial charge is 0.231 e. The molecule has 0 fully saturated rings. The molecule has 186 valence electrons. The first-order valence-electron chi connectivity index (χ1n) is 11.4. The molecule has 1 atom stereocenters. The predicted molar refractivity (Wildman–Crippen MR) is 131 cm³/mol. The number of ether oxygens (including phenoxy) is 3. The van der Waals surface area contributed by atoms with Gasteiger partial charge in [-0.1, -0.05) is 39.0 Å². The van der Waals surface area contributed by atoms with Crippen molar-refractivity contribution in [2.24, 2.45) is 11.3 Å². The number of fused-ring (bicyclic) bond motifs is 1. The van der Waals surface area contributed by atoms with E-state index in [1.165, 1.54) is 11.3 Å². The summed E-state index contributed by atoms with van der Waals surface area (Å²) in [6, 6.07) is 5.54. The first kappa shape index (κ1) is 25.9. The van der Waals surface area contributed by atoms with Crippen LogP contribution in [0.5, 0.6) is 11.5 Å². The molecule has 0 aliphatic carbocycles. The topological polar surface area (TPSA) is 103 Å². The molecule has 2 amide bonds. The molecule has 0 spiro atoms. The monoisotopic (exact) mass is 490 g/mol. The molecule has 1 aliphatic rings. The Morgan fingerprint density at radius 3 is 2.71 bits per heavy atom. The SMILES string of the molecule is COCCN(CCC(=O)Nc1nnc(-c2ccc3c(c2)OCO3)s1)C(=O)CC(C)CC(C)(C)C. The molecule has 2 aromatic rings. The van der Waals surface area contributed by atoms with Gasteiger partial charge in [0, 0.05) is 38.6 Å². The van der Waals surface area contributed by atoms with E-state index in [0.717, 1.165) is 12.0 Å². The molecular weight excluding hydrogens is 456 g/mol. The number of rotatable bonds is 11. The fraction of sp³-hybridized carbons (Fsp3) is 0.583. The van der Waals surface area contributed by atoms with Crippen LogP contribution in [0.3, 0.4) is 0 Å². The minimum atomic E-state index is -0.216. The molecular formula is C24H34N4O5S. The molecule has 1 aromatic carbocycles. The summed E-state index contributed by atoms with van der Waals surface area (Å²) in [5.41, 5.74) is 1.00. The Balaban J connectivity index is 1.53. The molecule has 0 radical (unpaired) electrons. The molecule has 1 aliphatic heterocycles. The van der Waals surface area contributed by atoms with E-state index in [9.17, 15) is 9.59 Å². The number of anilines is 1. The van der Waals surface area contributed by atoms with E-state index in [4.69, 9.17) is 14.2 Å². The Morgan fingerprint density at radius 1 is 1.21 bits per heavy atom. The normalized spacial score (nSPS) is 13.6. The van der Waals surface area contributed by atoms with Gasteiger partial charge >= 0.3 is 0 Å². The van der Waals surface area contributed by atoms with Gasteiger partial charge in [-0.25, -0.2) is 0 Å². The zero-order valence-corrected chi connectivity index (χ0v) is 21.4. The Kier molecular flexibility index (Phi) is 8.84. The van der Waals surface area contributed by atoms with Gasteiger partial charge in [-0.3, -0.25) is 9.59 Å². The van der Waals surface area contributed by atoms with Crippen molar-refractivity contribution < 1.29 is 23.8 Å². The maximum atomic E-state index is 12.9. The van der Waals surface area contributed by atoms with Crippen molar-refractivity contribution in [3.63, 3.8) is 0 Å². The highest BCUT2D eigenvalue weighted by atomic mass is 32.1. The number of hydrogen-bond acceptors (Lipinski definition) is 8. The number of methoxy groups -OCH3 is 1. The Bertz CT molecular complexity index is 988. The minimum Gasteiger partial charge on any atom is -0.454 e. The van der Waals surface area contributed by atoms with Crippen molar-refractivity contribution in [3.05, 3.63) is 18.2 Å². The molecule has 0 saturated carbocycles. The minimum absolute atomic E-state index is 0.0441. The van der Waals surface area contributed by atoms with Crippen molar-refractivity contribution >= 4 is 28.3 Å². The highest BCUT2D eigenvalue weighted by molar-refractivity contribution is 7.18. The predicted octanol–water partition coefficient (Wildman–Crippen LogP) is 4.20. The van der Waals surface area contributed by atoms with Gasteiger partial charge in [0.25, 0.3) is 0 Å². The van der Waals surface area contributed by atoms with E-state index in [2.05, 4.69) is 43.2 Å². The van der Waals surface area contributed by atoms with Gasteiger partial charge in [0.2, 0.25) is 23.7 Å². The van der Waals surface area contributed by atoms with Crippen LogP contribution in [0.2, 0.25) is 0 Å². The summed E-state index contributed by atoms with van der Waals surface area (Å²) < 4.78 is 15.9. The number of carbonyl (C=O) groups is 2. The van der Waals surface area contributed by atoms with Gasteiger partial charge in [-0.05, 0) is 36.0 Å². The van der Waals surface area contributed by atoms with E-state index in [-0.39, 0.29) is 36.4 Å². The first-order valence-corrected chi connectivity index (χ1v) is 12.3. The fourth-order valence-corrected chi connectivity index (χ4v) is 4.70. The van der Waals surface area contributed by atoms with E-state index in [1.54, 1.807) is 12.0 Å². The van der Waals surface area contributed by atoms with Crippen LogP contribution in [0.25, 0.3) is 10.6 Å². The highest BCUT2D eigenvalue weighted by Crippen LogP contribution is 2.37. The van der Waals surface area contributed by atoms with Crippen molar-refractivity contribution in [3.8, 4) is 22.1 Å². The van der Waals surface area contributed by atoms with Gasteiger partial charge < -0.3 is 24.4 Å². The third-order valence-electron chi connectivity index (χ3n) is 5.30. The standard InChI is InChI=1S/C24H34N4O5S/c1-16(14-24(2,3)4)12-21(30)28(10-11-31-5)9-8-20(29)25-23-27-26-22(34-23)17-6-7-18-19(13-17)33-15-32-18/h6-7,13,16H,8-12,14-15H2,1-5H3,(H,25,27,29). The van der Waals surface area contributed by atoms with E-state index in [0.29, 0.717) is 47.8 Å². The lowest BCUT2D eigenvalue weighted by Crippen LogP contribution is -2.37. The third-order valence-corrected chi connectivity index (χ3v) is 6.19. The molecule has 34 heavy (non-hydrogen) atoms. The summed E-state index contributed by atoms with van der Waals surface area (Å²) in [6.45, 7) is 10.0. The lowest BCUT2D eigenvalue weighted by Gasteiger charge is -2.27. The summed E-state index contributed by atoms with van der Waals surface area (Å²) in [7, 11) is 1.60. The van der Waals surface area contributed by atoms with Crippen LogP contribution in [0, 0.1) is 11.3 Å². The Hall–Kier alpha value is -2.72. The molecule has 1 N–H and O–H groups in total. The average Bonchev–Trinajstić information content (AvgIpc) is 3.41. The number of benzene rings is 1. The van der Waals surface area contributed by atoms with Crippen LogP contribution in [0.15, 0.2) is 18.2 Å². The number of nitrogens with one attached hydrogen (secondary N) is 1. The second-order valence-corrected chi connectivity index (χ2v) is 10.7. The van der Waals surface area contributed by atoms with Gasteiger partial charge in [-0.2, -0.15) is 0 Å². The van der Waals surface area contributed by atoms with Crippen LogP contribution < -0.4 is 14.8 Å². The zero-order valence-electron chi connectivity index (χ0n) is 20.6. The molecule has 2 heterocycles. The van der Waals surface area contributed by atoms with Crippen LogP contribution in [0.4, 0.5) is 5.13 Å².